The van der Waals surface area contributed by atoms with Crippen LogP contribution in [0.2, 0.25) is 5.02 Å². The Labute approximate surface area is 146 Å². The molecule has 0 aliphatic carbocycles. The third-order valence-corrected chi connectivity index (χ3v) is 4.97. The van der Waals surface area contributed by atoms with E-state index in [0.717, 1.165) is 18.5 Å². The molecular formula is C18H22ClN3O2. The first-order valence-electron chi connectivity index (χ1n) is 8.23. The highest BCUT2D eigenvalue weighted by atomic mass is 35.5. The van der Waals surface area contributed by atoms with Crippen molar-refractivity contribution in [2.24, 2.45) is 5.92 Å². The molecule has 6 heteroatoms. The Balaban J connectivity index is 1.86. The van der Waals surface area contributed by atoms with Crippen molar-refractivity contribution in [3.05, 3.63) is 46.7 Å². The molecule has 1 saturated heterocycles. The first kappa shape index (κ1) is 17.0. The van der Waals surface area contributed by atoms with Crippen LogP contribution >= 0.6 is 11.6 Å². The molecule has 0 saturated carbocycles. The van der Waals surface area contributed by atoms with Crippen molar-refractivity contribution in [2.45, 2.75) is 32.7 Å². The maximum absolute atomic E-state index is 13.0. The topological polar surface area (TPSA) is 58.4 Å². The van der Waals surface area contributed by atoms with Gasteiger partial charge in [0.1, 0.15) is 0 Å². The van der Waals surface area contributed by atoms with Gasteiger partial charge in [0.2, 0.25) is 0 Å². The Hall–Kier alpha value is -1.85. The molecule has 2 unspecified atom stereocenters. The van der Waals surface area contributed by atoms with Crippen LogP contribution in [0.15, 0.2) is 30.5 Å². The van der Waals surface area contributed by atoms with Crippen molar-refractivity contribution in [3.8, 4) is 5.69 Å². The lowest BCUT2D eigenvalue weighted by molar-refractivity contribution is 0.0488. The molecule has 24 heavy (non-hydrogen) atoms. The number of aliphatic hydroxyl groups excluding tert-OH is 1. The lowest BCUT2D eigenvalue weighted by Crippen LogP contribution is -2.46. The number of amides is 1. The van der Waals surface area contributed by atoms with Gasteiger partial charge in [0.25, 0.3) is 5.91 Å². The lowest BCUT2D eigenvalue weighted by Gasteiger charge is -2.37. The Morgan fingerprint density at radius 3 is 2.71 bits per heavy atom. The number of aryl methyl sites for hydroxylation is 1. The van der Waals surface area contributed by atoms with Crippen molar-refractivity contribution in [1.82, 2.24) is 14.7 Å². The zero-order chi connectivity index (χ0) is 17.3. The largest absolute Gasteiger partial charge is 0.396 e. The Morgan fingerprint density at radius 2 is 2.04 bits per heavy atom. The van der Waals surface area contributed by atoms with Gasteiger partial charge in [-0.3, -0.25) is 4.79 Å². The van der Waals surface area contributed by atoms with Gasteiger partial charge in [-0.15, -0.1) is 0 Å². The highest BCUT2D eigenvalue weighted by Crippen LogP contribution is 2.24. The monoisotopic (exact) mass is 347 g/mol. The summed E-state index contributed by atoms with van der Waals surface area (Å²) in [6.07, 6.45) is 3.65. The predicted molar refractivity (Wildman–Crippen MR) is 93.6 cm³/mol. The van der Waals surface area contributed by atoms with E-state index in [-0.39, 0.29) is 24.5 Å². The van der Waals surface area contributed by atoms with Crippen molar-refractivity contribution >= 4 is 17.5 Å². The Bertz CT molecular complexity index is 726. The summed E-state index contributed by atoms with van der Waals surface area (Å²) in [4.78, 5) is 14.8. The molecule has 1 aliphatic rings. The van der Waals surface area contributed by atoms with Crippen molar-refractivity contribution < 1.29 is 9.90 Å². The molecule has 1 amide bonds. The number of rotatable bonds is 3. The number of carbonyl (C=O) groups is 1. The summed E-state index contributed by atoms with van der Waals surface area (Å²) >= 11 is 5.92. The van der Waals surface area contributed by atoms with Gasteiger partial charge >= 0.3 is 0 Å². The fraction of sp³-hybridized carbons (Fsp3) is 0.444. The molecule has 1 fully saturated rings. The van der Waals surface area contributed by atoms with Crippen LogP contribution in [0.5, 0.6) is 0 Å². The van der Waals surface area contributed by atoms with Crippen LogP contribution in [0, 0.1) is 12.8 Å². The van der Waals surface area contributed by atoms with Gasteiger partial charge in [0, 0.05) is 30.4 Å². The molecule has 3 rings (SSSR count). The summed E-state index contributed by atoms with van der Waals surface area (Å²) in [7, 11) is 0. The smallest absolute Gasteiger partial charge is 0.257 e. The number of aliphatic hydroxyl groups is 1. The summed E-state index contributed by atoms with van der Waals surface area (Å²) in [6.45, 7) is 4.63. The van der Waals surface area contributed by atoms with E-state index in [1.807, 2.05) is 24.0 Å². The van der Waals surface area contributed by atoms with Gasteiger partial charge in [0.05, 0.1) is 16.9 Å². The molecule has 1 aromatic heterocycles. The summed E-state index contributed by atoms with van der Waals surface area (Å²) < 4.78 is 1.71. The summed E-state index contributed by atoms with van der Waals surface area (Å²) in [6, 6.07) is 7.52. The normalized spacial score (nSPS) is 21.1. The zero-order valence-corrected chi connectivity index (χ0v) is 14.7. The van der Waals surface area contributed by atoms with Gasteiger partial charge in [-0.05, 0) is 56.9 Å². The number of benzene rings is 1. The minimum atomic E-state index is -0.0154. The van der Waals surface area contributed by atoms with Crippen LogP contribution in [0.3, 0.4) is 0 Å². The second-order valence-electron chi connectivity index (χ2n) is 6.48. The maximum Gasteiger partial charge on any atom is 0.257 e. The first-order valence-corrected chi connectivity index (χ1v) is 8.61. The first-order chi connectivity index (χ1) is 11.5. The Kier molecular flexibility index (Phi) is 4.92. The van der Waals surface area contributed by atoms with E-state index in [1.165, 1.54) is 0 Å². The van der Waals surface area contributed by atoms with Gasteiger partial charge in [-0.25, -0.2) is 4.68 Å². The molecule has 1 aromatic carbocycles. The van der Waals surface area contributed by atoms with E-state index >= 15 is 0 Å². The van der Waals surface area contributed by atoms with Crippen LogP contribution in [0.25, 0.3) is 5.69 Å². The third kappa shape index (κ3) is 3.32. The Morgan fingerprint density at radius 1 is 1.33 bits per heavy atom. The van der Waals surface area contributed by atoms with E-state index in [9.17, 15) is 9.90 Å². The lowest BCUT2D eigenvalue weighted by atomic mass is 9.93. The van der Waals surface area contributed by atoms with E-state index in [2.05, 4.69) is 12.0 Å². The summed E-state index contributed by atoms with van der Waals surface area (Å²) in [5, 5.41) is 14.5. The second-order valence-corrected chi connectivity index (χ2v) is 6.92. The molecule has 2 atom stereocenters. The van der Waals surface area contributed by atoms with E-state index in [1.54, 1.807) is 23.0 Å². The van der Waals surface area contributed by atoms with Crippen molar-refractivity contribution in [3.63, 3.8) is 0 Å². The third-order valence-electron chi connectivity index (χ3n) is 4.72. The van der Waals surface area contributed by atoms with Crippen molar-refractivity contribution in [1.29, 1.82) is 0 Å². The number of piperidine rings is 1. The molecule has 5 nitrogen and oxygen atoms in total. The average Bonchev–Trinajstić information content (AvgIpc) is 2.97. The number of carbonyl (C=O) groups excluding carboxylic acids is 1. The van der Waals surface area contributed by atoms with Crippen molar-refractivity contribution in [2.75, 3.05) is 13.2 Å². The number of nitrogens with zero attached hydrogens (tertiary/aromatic N) is 3. The quantitative estimate of drug-likeness (QED) is 0.928. The van der Waals surface area contributed by atoms with Crippen LogP contribution in [-0.2, 0) is 0 Å². The van der Waals surface area contributed by atoms with Crippen LogP contribution in [0.4, 0.5) is 0 Å². The predicted octanol–water partition coefficient (Wildman–Crippen LogP) is 3.07. The van der Waals surface area contributed by atoms with Gasteiger partial charge < -0.3 is 10.0 Å². The average molecular weight is 348 g/mol. The minimum absolute atomic E-state index is 0.0154. The van der Waals surface area contributed by atoms with E-state index < -0.39 is 0 Å². The number of aromatic nitrogens is 2. The zero-order valence-electron chi connectivity index (χ0n) is 13.9. The molecule has 1 aliphatic heterocycles. The molecule has 2 heterocycles. The number of hydrogen-bond acceptors (Lipinski definition) is 3. The van der Waals surface area contributed by atoms with E-state index in [4.69, 9.17) is 11.6 Å². The van der Waals surface area contributed by atoms with Crippen LogP contribution in [-0.4, -0.2) is 44.9 Å². The summed E-state index contributed by atoms with van der Waals surface area (Å²) in [5.41, 5.74) is 2.17. The number of hydrogen-bond donors (Lipinski definition) is 1. The number of halogens is 1. The molecule has 2 aromatic rings. The summed E-state index contributed by atoms with van der Waals surface area (Å²) in [5.74, 6) is 0.148. The molecule has 0 spiro atoms. The van der Waals surface area contributed by atoms with Gasteiger partial charge in [-0.1, -0.05) is 11.6 Å². The van der Waals surface area contributed by atoms with Gasteiger partial charge in [-0.2, -0.15) is 5.10 Å². The minimum Gasteiger partial charge on any atom is -0.396 e. The van der Waals surface area contributed by atoms with Crippen LogP contribution in [0.1, 0.15) is 35.8 Å². The maximum atomic E-state index is 13.0. The fourth-order valence-electron chi connectivity index (χ4n) is 3.17. The molecular weight excluding hydrogens is 326 g/mol. The molecule has 0 radical (unpaired) electrons. The molecule has 1 N–H and O–H groups in total. The standard InChI is InChI=1S/C18H22ClN3O2/c1-12-3-4-14(11-23)9-21(12)18(24)17-10-22(20-13(17)2)16-7-5-15(19)6-8-16/h5-8,10,12,14,23H,3-4,9,11H2,1-2H3. The fourth-order valence-corrected chi connectivity index (χ4v) is 3.29. The van der Waals surface area contributed by atoms with Crippen LogP contribution < -0.4 is 0 Å². The SMILES string of the molecule is Cc1nn(-c2ccc(Cl)cc2)cc1C(=O)N1CC(CO)CCC1C. The highest BCUT2D eigenvalue weighted by molar-refractivity contribution is 6.30. The molecule has 128 valence electrons. The number of likely N-dealkylation sites (tertiary alicyclic amines) is 1. The second kappa shape index (κ2) is 6.95. The molecule has 0 bridgehead atoms. The van der Waals surface area contributed by atoms with E-state index in [0.29, 0.717) is 22.8 Å². The highest BCUT2D eigenvalue weighted by Gasteiger charge is 2.30. The van der Waals surface area contributed by atoms with Gasteiger partial charge in [0.15, 0.2) is 0 Å².